The summed E-state index contributed by atoms with van der Waals surface area (Å²) < 4.78 is 0. The number of rotatable bonds is 5. The Hall–Kier alpha value is -1.45. The molecule has 0 unspecified atom stereocenters. The molecule has 1 aliphatic rings. The van der Waals surface area contributed by atoms with Gasteiger partial charge in [-0.1, -0.05) is 19.3 Å². The van der Waals surface area contributed by atoms with E-state index in [1.807, 2.05) is 12.3 Å². The Bertz CT molecular complexity index is 401. The lowest BCUT2D eigenvalue weighted by molar-refractivity contribution is -0.137. The standard InChI is InChI=1S/C14H20N2O2/c17-14(18)8-4-7-13-15-10-9-12(16-13)11-5-2-1-3-6-11/h9-11H,1-8H2,(H,17,18). The van der Waals surface area contributed by atoms with Crippen LogP contribution in [0.25, 0.3) is 0 Å². The van der Waals surface area contributed by atoms with Gasteiger partial charge < -0.3 is 5.11 Å². The molecule has 2 rings (SSSR count). The molecule has 0 atom stereocenters. The minimum atomic E-state index is -0.751. The van der Waals surface area contributed by atoms with Crippen LogP contribution in [0.5, 0.6) is 0 Å². The topological polar surface area (TPSA) is 63.1 Å². The molecular weight excluding hydrogens is 228 g/mol. The van der Waals surface area contributed by atoms with Gasteiger partial charge in [-0.3, -0.25) is 4.79 Å². The molecule has 0 radical (unpaired) electrons. The Morgan fingerprint density at radius 2 is 2.11 bits per heavy atom. The third kappa shape index (κ3) is 3.79. The van der Waals surface area contributed by atoms with Gasteiger partial charge in [0.05, 0.1) is 0 Å². The van der Waals surface area contributed by atoms with Crippen molar-refractivity contribution in [1.82, 2.24) is 9.97 Å². The van der Waals surface area contributed by atoms with E-state index in [2.05, 4.69) is 9.97 Å². The first-order valence-electron chi connectivity index (χ1n) is 6.79. The molecule has 0 spiro atoms. The zero-order valence-electron chi connectivity index (χ0n) is 10.6. The van der Waals surface area contributed by atoms with Crippen molar-refractivity contribution in [3.05, 3.63) is 23.8 Å². The van der Waals surface area contributed by atoms with E-state index in [0.29, 0.717) is 18.8 Å². The van der Waals surface area contributed by atoms with Gasteiger partial charge in [-0.25, -0.2) is 9.97 Å². The molecule has 18 heavy (non-hydrogen) atoms. The molecule has 1 fully saturated rings. The predicted octanol–water partition coefficient (Wildman–Crippen LogP) is 2.93. The molecule has 0 saturated heterocycles. The number of aromatic nitrogens is 2. The van der Waals surface area contributed by atoms with Gasteiger partial charge in [-0.05, 0) is 25.3 Å². The first-order chi connectivity index (χ1) is 8.75. The van der Waals surface area contributed by atoms with Gasteiger partial charge in [0.25, 0.3) is 0 Å². The van der Waals surface area contributed by atoms with Crippen molar-refractivity contribution in [1.29, 1.82) is 0 Å². The highest BCUT2D eigenvalue weighted by atomic mass is 16.4. The maximum absolute atomic E-state index is 10.5. The van der Waals surface area contributed by atoms with Gasteiger partial charge in [0.1, 0.15) is 5.82 Å². The fourth-order valence-corrected chi connectivity index (χ4v) is 2.56. The third-order valence-corrected chi connectivity index (χ3v) is 3.54. The number of nitrogens with zero attached hydrogens (tertiary/aromatic N) is 2. The normalized spacial score (nSPS) is 16.7. The number of hydrogen-bond acceptors (Lipinski definition) is 3. The highest BCUT2D eigenvalue weighted by Crippen LogP contribution is 2.31. The number of aryl methyl sites for hydroxylation is 1. The van der Waals surface area contributed by atoms with Crippen LogP contribution in [0.3, 0.4) is 0 Å². The van der Waals surface area contributed by atoms with Crippen molar-refractivity contribution in [3.8, 4) is 0 Å². The van der Waals surface area contributed by atoms with E-state index in [1.165, 1.54) is 32.1 Å². The van der Waals surface area contributed by atoms with Crippen molar-refractivity contribution < 1.29 is 9.90 Å². The quantitative estimate of drug-likeness (QED) is 0.870. The largest absolute Gasteiger partial charge is 0.481 e. The van der Waals surface area contributed by atoms with E-state index in [-0.39, 0.29) is 6.42 Å². The molecule has 0 bridgehead atoms. The van der Waals surface area contributed by atoms with Gasteiger partial charge >= 0.3 is 5.97 Å². The van der Waals surface area contributed by atoms with Crippen molar-refractivity contribution in [2.45, 2.75) is 57.3 Å². The summed E-state index contributed by atoms with van der Waals surface area (Å²) in [5, 5.41) is 8.61. The monoisotopic (exact) mass is 248 g/mol. The highest BCUT2D eigenvalue weighted by Gasteiger charge is 2.17. The summed E-state index contributed by atoms with van der Waals surface area (Å²) in [5.74, 6) is 0.623. The van der Waals surface area contributed by atoms with Gasteiger partial charge in [-0.2, -0.15) is 0 Å². The summed E-state index contributed by atoms with van der Waals surface area (Å²) >= 11 is 0. The first-order valence-corrected chi connectivity index (χ1v) is 6.79. The molecule has 1 N–H and O–H groups in total. The molecule has 1 saturated carbocycles. The fourth-order valence-electron chi connectivity index (χ4n) is 2.56. The summed E-state index contributed by atoms with van der Waals surface area (Å²) in [6.07, 6.45) is 9.66. The molecule has 1 aromatic heterocycles. The minimum absolute atomic E-state index is 0.191. The Morgan fingerprint density at radius 3 is 2.83 bits per heavy atom. The van der Waals surface area contributed by atoms with Crippen molar-refractivity contribution >= 4 is 5.97 Å². The smallest absolute Gasteiger partial charge is 0.303 e. The molecule has 98 valence electrons. The SMILES string of the molecule is O=C(O)CCCc1nccc(C2CCCCC2)n1. The molecule has 1 aliphatic carbocycles. The average molecular weight is 248 g/mol. The van der Waals surface area contributed by atoms with Gasteiger partial charge in [0, 0.05) is 30.7 Å². The van der Waals surface area contributed by atoms with Crippen LogP contribution in [0.15, 0.2) is 12.3 Å². The molecule has 0 amide bonds. The summed E-state index contributed by atoms with van der Waals surface area (Å²) in [7, 11) is 0. The summed E-state index contributed by atoms with van der Waals surface area (Å²) in [6.45, 7) is 0. The third-order valence-electron chi connectivity index (χ3n) is 3.54. The molecule has 1 heterocycles. The second-order valence-corrected chi connectivity index (χ2v) is 4.98. The van der Waals surface area contributed by atoms with Gasteiger partial charge in [-0.15, -0.1) is 0 Å². The Labute approximate surface area is 107 Å². The molecule has 0 aliphatic heterocycles. The molecular formula is C14H20N2O2. The summed E-state index contributed by atoms with van der Waals surface area (Å²) in [5.41, 5.74) is 1.15. The number of carbonyl (C=O) groups is 1. The lowest BCUT2D eigenvalue weighted by atomic mass is 9.87. The maximum Gasteiger partial charge on any atom is 0.303 e. The second kappa shape index (κ2) is 6.47. The first kappa shape index (κ1) is 13.0. The van der Waals surface area contributed by atoms with Crippen LogP contribution in [0.1, 0.15) is 62.4 Å². The van der Waals surface area contributed by atoms with Crippen molar-refractivity contribution in [3.63, 3.8) is 0 Å². The van der Waals surface area contributed by atoms with Crippen LogP contribution in [-0.4, -0.2) is 21.0 Å². The van der Waals surface area contributed by atoms with E-state index in [0.717, 1.165) is 11.5 Å². The van der Waals surface area contributed by atoms with Crippen molar-refractivity contribution in [2.75, 3.05) is 0 Å². The number of aliphatic carboxylic acids is 1. The molecule has 4 heteroatoms. The Morgan fingerprint density at radius 1 is 1.33 bits per heavy atom. The highest BCUT2D eigenvalue weighted by molar-refractivity contribution is 5.66. The van der Waals surface area contributed by atoms with Crippen molar-refractivity contribution in [2.24, 2.45) is 0 Å². The molecule has 1 aromatic rings. The molecule has 0 aromatic carbocycles. The maximum atomic E-state index is 10.5. The van der Waals surface area contributed by atoms with E-state index >= 15 is 0 Å². The van der Waals surface area contributed by atoms with Crippen LogP contribution >= 0.6 is 0 Å². The van der Waals surface area contributed by atoms with E-state index in [9.17, 15) is 4.79 Å². The van der Waals surface area contributed by atoms with Crippen LogP contribution in [0.2, 0.25) is 0 Å². The van der Waals surface area contributed by atoms with Crippen LogP contribution < -0.4 is 0 Å². The lowest BCUT2D eigenvalue weighted by Gasteiger charge is -2.21. The van der Waals surface area contributed by atoms with E-state index < -0.39 is 5.97 Å². The van der Waals surface area contributed by atoms with E-state index in [4.69, 9.17) is 5.11 Å². The predicted molar refractivity (Wildman–Crippen MR) is 68.4 cm³/mol. The number of carboxylic acids is 1. The minimum Gasteiger partial charge on any atom is -0.481 e. The lowest BCUT2D eigenvalue weighted by Crippen LogP contribution is -2.09. The summed E-state index contributed by atoms with van der Waals surface area (Å²) in [4.78, 5) is 19.3. The Balaban J connectivity index is 1.93. The van der Waals surface area contributed by atoms with E-state index in [1.54, 1.807) is 0 Å². The van der Waals surface area contributed by atoms with Crippen LogP contribution in [0.4, 0.5) is 0 Å². The Kier molecular flexibility index (Phi) is 4.67. The van der Waals surface area contributed by atoms with Gasteiger partial charge in [0.15, 0.2) is 0 Å². The van der Waals surface area contributed by atoms with Gasteiger partial charge in [0.2, 0.25) is 0 Å². The average Bonchev–Trinajstić information content (AvgIpc) is 2.40. The number of hydrogen-bond donors (Lipinski definition) is 1. The molecule has 4 nitrogen and oxygen atoms in total. The van der Waals surface area contributed by atoms with Crippen LogP contribution in [0, 0.1) is 0 Å². The second-order valence-electron chi connectivity index (χ2n) is 4.98. The number of carboxylic acid groups (broad SMARTS) is 1. The fraction of sp³-hybridized carbons (Fsp3) is 0.643. The zero-order chi connectivity index (χ0) is 12.8. The summed E-state index contributed by atoms with van der Waals surface area (Å²) in [6, 6.07) is 2.01. The van der Waals surface area contributed by atoms with Crippen LogP contribution in [-0.2, 0) is 11.2 Å². The zero-order valence-corrected chi connectivity index (χ0v) is 10.6.